The molecule has 1 fully saturated rings. The number of allylic oxidation sites excluding steroid dienone is 1. The van der Waals surface area contributed by atoms with E-state index in [0.717, 1.165) is 32.7 Å². The van der Waals surface area contributed by atoms with E-state index in [1.54, 1.807) is 24.3 Å². The predicted molar refractivity (Wildman–Crippen MR) is 131 cm³/mol. The summed E-state index contributed by atoms with van der Waals surface area (Å²) in [6, 6.07) is 19.4. The minimum Gasteiger partial charge on any atom is -0.507 e. The molecule has 0 bridgehead atoms. The van der Waals surface area contributed by atoms with Crippen LogP contribution in [-0.2, 0) is 13.1 Å². The third-order valence-electron chi connectivity index (χ3n) is 6.41. The van der Waals surface area contributed by atoms with Gasteiger partial charge in [-0.3, -0.25) is 24.7 Å². The monoisotopic (exact) mass is 471 g/mol. The van der Waals surface area contributed by atoms with Crippen LogP contribution in [0.15, 0.2) is 72.5 Å². The number of aromatic hydroxyl groups is 1. The smallest absolute Gasteiger partial charge is 0.269 e. The van der Waals surface area contributed by atoms with Gasteiger partial charge in [-0.2, -0.15) is 0 Å². The molecular formula is C27H25N3O5. The van der Waals surface area contributed by atoms with Crippen molar-refractivity contribution in [2.24, 2.45) is 0 Å². The van der Waals surface area contributed by atoms with Gasteiger partial charge < -0.3 is 9.84 Å². The van der Waals surface area contributed by atoms with Crippen LogP contribution < -0.4 is 4.74 Å². The number of nitro groups is 1. The molecule has 2 heterocycles. The maximum Gasteiger partial charge on any atom is 0.269 e. The van der Waals surface area contributed by atoms with Gasteiger partial charge in [-0.05, 0) is 41.5 Å². The average Bonchev–Trinajstić information content (AvgIpc) is 3.18. The van der Waals surface area contributed by atoms with Gasteiger partial charge in [-0.25, -0.2) is 0 Å². The van der Waals surface area contributed by atoms with Crippen LogP contribution in [0.5, 0.6) is 11.5 Å². The van der Waals surface area contributed by atoms with Crippen molar-refractivity contribution < 1.29 is 19.6 Å². The number of hydrogen-bond donors (Lipinski definition) is 1. The molecule has 2 aliphatic rings. The number of ether oxygens (including phenoxy) is 1. The van der Waals surface area contributed by atoms with Crippen molar-refractivity contribution in [3.8, 4) is 11.5 Å². The highest BCUT2D eigenvalue weighted by Gasteiger charge is 2.32. The van der Waals surface area contributed by atoms with Gasteiger partial charge >= 0.3 is 0 Å². The molecule has 0 saturated carbocycles. The first-order valence-electron chi connectivity index (χ1n) is 11.5. The topological polar surface area (TPSA) is 96.1 Å². The number of carbonyl (C=O) groups excluding carboxylic acids is 1. The fourth-order valence-electron chi connectivity index (χ4n) is 4.46. The van der Waals surface area contributed by atoms with Gasteiger partial charge in [-0.1, -0.05) is 30.3 Å². The summed E-state index contributed by atoms with van der Waals surface area (Å²) in [5, 5.41) is 21.5. The second-order valence-electron chi connectivity index (χ2n) is 8.77. The lowest BCUT2D eigenvalue weighted by molar-refractivity contribution is -0.384. The number of phenols is 1. The van der Waals surface area contributed by atoms with E-state index in [1.165, 1.54) is 23.8 Å². The molecule has 0 amide bonds. The average molecular weight is 472 g/mol. The molecule has 0 radical (unpaired) electrons. The number of hydrogen-bond acceptors (Lipinski definition) is 7. The fourth-order valence-corrected chi connectivity index (χ4v) is 4.46. The van der Waals surface area contributed by atoms with E-state index in [4.69, 9.17) is 4.74 Å². The van der Waals surface area contributed by atoms with Crippen molar-refractivity contribution in [2.75, 3.05) is 26.2 Å². The molecule has 0 atom stereocenters. The molecule has 5 rings (SSSR count). The Hall–Kier alpha value is -4.01. The van der Waals surface area contributed by atoms with Crippen LogP contribution in [0.3, 0.4) is 0 Å². The predicted octanol–water partition coefficient (Wildman–Crippen LogP) is 4.23. The lowest BCUT2D eigenvalue weighted by atomic mass is 10.0. The van der Waals surface area contributed by atoms with Gasteiger partial charge in [0.1, 0.15) is 11.5 Å². The number of nitrogens with zero attached hydrogens (tertiary/aromatic N) is 3. The van der Waals surface area contributed by atoms with Gasteiger partial charge in [0.2, 0.25) is 5.78 Å². The molecule has 35 heavy (non-hydrogen) atoms. The van der Waals surface area contributed by atoms with Crippen molar-refractivity contribution in [1.82, 2.24) is 9.80 Å². The number of piperazine rings is 1. The summed E-state index contributed by atoms with van der Waals surface area (Å²) >= 11 is 0. The minimum absolute atomic E-state index is 0.0230. The van der Waals surface area contributed by atoms with Crippen LogP contribution in [-0.4, -0.2) is 51.8 Å². The highest BCUT2D eigenvalue weighted by atomic mass is 16.6. The Morgan fingerprint density at radius 2 is 1.57 bits per heavy atom. The molecule has 8 heteroatoms. The number of carbonyl (C=O) groups is 1. The quantitative estimate of drug-likeness (QED) is 0.326. The summed E-state index contributed by atoms with van der Waals surface area (Å²) in [7, 11) is 0. The highest BCUT2D eigenvalue weighted by Crippen LogP contribution is 2.40. The van der Waals surface area contributed by atoms with Crippen molar-refractivity contribution in [3.63, 3.8) is 0 Å². The minimum atomic E-state index is -0.472. The normalized spacial score (nSPS) is 17.4. The van der Waals surface area contributed by atoms with E-state index in [-0.39, 0.29) is 23.0 Å². The van der Waals surface area contributed by atoms with E-state index in [0.29, 0.717) is 29.0 Å². The summed E-state index contributed by atoms with van der Waals surface area (Å²) in [5.41, 5.74) is 2.89. The number of Topliss-reactive ketones (excluding diaryl/α,β-unsaturated/α-hetero) is 1. The Bertz CT molecular complexity index is 1280. The first-order valence-corrected chi connectivity index (χ1v) is 11.5. The van der Waals surface area contributed by atoms with E-state index in [9.17, 15) is 20.0 Å². The zero-order valence-corrected chi connectivity index (χ0v) is 19.1. The molecule has 3 aromatic rings. The third-order valence-corrected chi connectivity index (χ3v) is 6.41. The van der Waals surface area contributed by atoms with Gasteiger partial charge in [0.25, 0.3) is 5.69 Å². The van der Waals surface area contributed by atoms with Crippen LogP contribution in [0.1, 0.15) is 27.0 Å². The summed E-state index contributed by atoms with van der Waals surface area (Å²) in [6.07, 6.45) is 1.56. The van der Waals surface area contributed by atoms with Crippen molar-refractivity contribution in [2.45, 2.75) is 13.1 Å². The van der Waals surface area contributed by atoms with E-state index < -0.39 is 4.92 Å². The van der Waals surface area contributed by atoms with Crippen LogP contribution >= 0.6 is 0 Å². The van der Waals surface area contributed by atoms with Crippen LogP contribution in [0.2, 0.25) is 0 Å². The molecule has 0 spiro atoms. The molecule has 2 aliphatic heterocycles. The maximum absolute atomic E-state index is 12.9. The number of non-ortho nitro benzene ring substituents is 1. The van der Waals surface area contributed by atoms with Crippen molar-refractivity contribution >= 4 is 17.5 Å². The second kappa shape index (κ2) is 9.69. The van der Waals surface area contributed by atoms with Gasteiger partial charge in [0, 0.05) is 51.4 Å². The SMILES string of the molecule is O=C1/C(=C/c2ccc([N+](=O)[O-])cc2)Oc2c1ccc(O)c2CN1CCN(Cc2ccccc2)CC1. The molecule has 178 valence electrons. The van der Waals surface area contributed by atoms with Crippen LogP contribution in [0, 0.1) is 10.1 Å². The molecule has 0 aromatic heterocycles. The van der Waals surface area contributed by atoms with Crippen molar-refractivity contribution in [1.29, 1.82) is 0 Å². The Balaban J connectivity index is 1.28. The highest BCUT2D eigenvalue weighted by molar-refractivity contribution is 6.15. The lowest BCUT2D eigenvalue weighted by Gasteiger charge is -2.35. The van der Waals surface area contributed by atoms with Crippen LogP contribution in [0.25, 0.3) is 6.08 Å². The third kappa shape index (κ3) is 4.94. The van der Waals surface area contributed by atoms with Gasteiger partial charge in [0.15, 0.2) is 5.76 Å². The van der Waals surface area contributed by atoms with Gasteiger partial charge in [-0.15, -0.1) is 0 Å². The molecule has 1 saturated heterocycles. The van der Waals surface area contributed by atoms with E-state index in [2.05, 4.69) is 34.1 Å². The first kappa shape index (κ1) is 22.8. The van der Waals surface area contributed by atoms with Crippen molar-refractivity contribution in [3.05, 3.63) is 105 Å². The van der Waals surface area contributed by atoms with E-state index in [1.807, 2.05) is 6.07 Å². The van der Waals surface area contributed by atoms with Crippen LogP contribution in [0.4, 0.5) is 5.69 Å². The first-order chi connectivity index (χ1) is 17.0. The number of rotatable bonds is 6. The largest absolute Gasteiger partial charge is 0.507 e. The summed E-state index contributed by atoms with van der Waals surface area (Å²) in [5.74, 6) is 0.343. The molecule has 0 unspecified atom stereocenters. The number of fused-ring (bicyclic) bond motifs is 1. The Kier molecular flexibility index (Phi) is 6.31. The number of ketones is 1. The summed E-state index contributed by atoms with van der Waals surface area (Å²) < 4.78 is 5.94. The lowest BCUT2D eigenvalue weighted by Crippen LogP contribution is -2.45. The standard InChI is InChI=1S/C27H25N3O5/c31-24-11-10-22-26(32)25(16-19-6-8-21(9-7-19)30(33)34)35-27(22)23(24)18-29-14-12-28(13-15-29)17-20-4-2-1-3-5-20/h1-11,16,31H,12-15,17-18H2/b25-16-. The molecule has 3 aromatic carbocycles. The zero-order chi connectivity index (χ0) is 24.4. The second-order valence-corrected chi connectivity index (χ2v) is 8.77. The molecule has 8 nitrogen and oxygen atoms in total. The molecule has 0 aliphatic carbocycles. The summed E-state index contributed by atoms with van der Waals surface area (Å²) in [4.78, 5) is 28.0. The zero-order valence-electron chi connectivity index (χ0n) is 19.1. The number of benzene rings is 3. The fraction of sp³-hybridized carbons (Fsp3) is 0.222. The maximum atomic E-state index is 12.9. The Morgan fingerprint density at radius 1 is 0.914 bits per heavy atom. The number of nitro benzene ring substituents is 1. The van der Waals surface area contributed by atoms with Gasteiger partial charge in [0.05, 0.1) is 16.1 Å². The summed E-state index contributed by atoms with van der Waals surface area (Å²) in [6.45, 7) is 4.90. The Morgan fingerprint density at radius 3 is 2.23 bits per heavy atom. The number of phenolic OH excluding ortho intramolecular Hbond substituents is 1. The molecule has 1 N–H and O–H groups in total. The van der Waals surface area contributed by atoms with E-state index >= 15 is 0 Å². The Labute approximate surface area is 202 Å². The molecular weight excluding hydrogens is 446 g/mol.